The Balaban J connectivity index is 2.00. The number of hydrogen-bond acceptors (Lipinski definition) is 2. The zero-order chi connectivity index (χ0) is 11.4. The number of nitrogens with zero attached hydrogens (tertiary/aromatic N) is 1. The van der Waals surface area contributed by atoms with Gasteiger partial charge in [0.1, 0.15) is 0 Å². The van der Waals surface area contributed by atoms with Crippen molar-refractivity contribution in [3.05, 3.63) is 29.8 Å². The van der Waals surface area contributed by atoms with Crippen LogP contribution in [-0.2, 0) is 11.3 Å². The first-order valence-corrected chi connectivity index (χ1v) is 5.43. The zero-order valence-electron chi connectivity index (χ0n) is 9.03. The van der Waals surface area contributed by atoms with E-state index in [9.17, 15) is 8.63 Å². The highest BCUT2D eigenvalue weighted by Crippen LogP contribution is 2.06. The van der Waals surface area contributed by atoms with Crippen molar-refractivity contribution in [3.8, 4) is 0 Å². The van der Waals surface area contributed by atoms with Gasteiger partial charge in [0.15, 0.2) is 0 Å². The van der Waals surface area contributed by atoms with Crippen molar-refractivity contribution < 1.29 is 13.4 Å². The number of morpholine rings is 1. The molecule has 2 rings (SSSR count). The summed E-state index contributed by atoms with van der Waals surface area (Å²) < 4.78 is 30.2. The van der Waals surface area contributed by atoms with Crippen LogP contribution in [0, 0.1) is 0 Å². The fourth-order valence-electron chi connectivity index (χ4n) is 1.84. The van der Waals surface area contributed by atoms with Gasteiger partial charge >= 0.3 is 7.27 Å². The monoisotopic (exact) mass is 225 g/mol. The third-order valence-electron chi connectivity index (χ3n) is 2.71. The van der Waals surface area contributed by atoms with Crippen LogP contribution in [0.15, 0.2) is 24.3 Å². The molecule has 1 aromatic rings. The highest BCUT2D eigenvalue weighted by molar-refractivity contribution is 6.59. The van der Waals surface area contributed by atoms with Crippen LogP contribution in [0.3, 0.4) is 0 Å². The maximum atomic E-state index is 12.5. The van der Waals surface area contributed by atoms with Crippen molar-refractivity contribution in [2.45, 2.75) is 6.54 Å². The van der Waals surface area contributed by atoms with E-state index in [0.29, 0.717) is 0 Å². The Labute approximate surface area is 94.4 Å². The molecule has 16 heavy (non-hydrogen) atoms. The summed E-state index contributed by atoms with van der Waals surface area (Å²) in [5.74, 6) is 0. The molecule has 0 aliphatic carbocycles. The van der Waals surface area contributed by atoms with E-state index in [2.05, 4.69) is 4.90 Å². The molecule has 0 saturated carbocycles. The largest absolute Gasteiger partial charge is 0.571 e. The SMILES string of the molecule is FB(F)c1cccc(CN2CCOCC2)c1. The van der Waals surface area contributed by atoms with Crippen LogP contribution in [0.1, 0.15) is 5.56 Å². The summed E-state index contributed by atoms with van der Waals surface area (Å²) in [6.45, 7) is 3.94. The Kier molecular flexibility index (Phi) is 3.90. The van der Waals surface area contributed by atoms with Gasteiger partial charge in [0.25, 0.3) is 0 Å². The third kappa shape index (κ3) is 3.03. The van der Waals surface area contributed by atoms with Gasteiger partial charge in [-0.15, -0.1) is 0 Å². The third-order valence-corrected chi connectivity index (χ3v) is 2.71. The van der Waals surface area contributed by atoms with Gasteiger partial charge in [-0.1, -0.05) is 24.3 Å². The molecule has 1 aliphatic rings. The highest BCUT2D eigenvalue weighted by atomic mass is 19.2. The molecule has 0 bridgehead atoms. The molecule has 0 amide bonds. The maximum Gasteiger partial charge on any atom is 0.571 e. The van der Waals surface area contributed by atoms with E-state index >= 15 is 0 Å². The van der Waals surface area contributed by atoms with E-state index < -0.39 is 7.27 Å². The molecule has 86 valence electrons. The Morgan fingerprint density at radius 1 is 1.25 bits per heavy atom. The van der Waals surface area contributed by atoms with Gasteiger partial charge < -0.3 is 4.74 Å². The molecular formula is C11H14BF2NO. The van der Waals surface area contributed by atoms with E-state index in [1.807, 2.05) is 6.07 Å². The Morgan fingerprint density at radius 3 is 2.69 bits per heavy atom. The van der Waals surface area contributed by atoms with Gasteiger partial charge in [-0.2, -0.15) is 0 Å². The maximum absolute atomic E-state index is 12.5. The summed E-state index contributed by atoms with van der Waals surface area (Å²) in [6, 6.07) is 6.63. The zero-order valence-corrected chi connectivity index (χ0v) is 9.03. The lowest BCUT2D eigenvalue weighted by Crippen LogP contribution is -2.36. The van der Waals surface area contributed by atoms with Crippen molar-refractivity contribution in [2.24, 2.45) is 0 Å². The first-order chi connectivity index (χ1) is 7.75. The quantitative estimate of drug-likeness (QED) is 0.715. The molecule has 0 spiro atoms. The van der Waals surface area contributed by atoms with E-state index in [0.717, 1.165) is 38.4 Å². The number of ether oxygens (including phenoxy) is 1. The predicted molar refractivity (Wildman–Crippen MR) is 60.1 cm³/mol. The smallest absolute Gasteiger partial charge is 0.379 e. The summed E-state index contributed by atoms with van der Waals surface area (Å²) in [5, 5.41) is 0. The summed E-state index contributed by atoms with van der Waals surface area (Å²) in [5.41, 5.74) is 1.05. The van der Waals surface area contributed by atoms with Crippen LogP contribution >= 0.6 is 0 Å². The van der Waals surface area contributed by atoms with Crippen molar-refractivity contribution >= 4 is 12.7 Å². The Hall–Kier alpha value is -0.935. The van der Waals surface area contributed by atoms with Crippen LogP contribution in [0.4, 0.5) is 8.63 Å². The van der Waals surface area contributed by atoms with E-state index in [1.165, 1.54) is 6.07 Å². The molecule has 0 atom stereocenters. The number of hydrogen-bond donors (Lipinski definition) is 0. The first kappa shape index (κ1) is 11.5. The van der Waals surface area contributed by atoms with Gasteiger partial charge in [0.2, 0.25) is 0 Å². The van der Waals surface area contributed by atoms with Crippen LogP contribution in [0.25, 0.3) is 0 Å². The summed E-state index contributed by atoms with van der Waals surface area (Å²) in [7, 11) is -2.38. The van der Waals surface area contributed by atoms with Gasteiger partial charge in [0, 0.05) is 19.6 Å². The number of benzene rings is 1. The average molecular weight is 225 g/mol. The van der Waals surface area contributed by atoms with Gasteiger partial charge in [-0.25, -0.2) is 0 Å². The Bertz CT molecular complexity index is 343. The van der Waals surface area contributed by atoms with Gasteiger partial charge in [-0.05, 0) is 11.0 Å². The molecule has 1 aliphatic heterocycles. The summed E-state index contributed by atoms with van der Waals surface area (Å²) >= 11 is 0. The van der Waals surface area contributed by atoms with Gasteiger partial charge in [0.05, 0.1) is 13.2 Å². The van der Waals surface area contributed by atoms with Crippen molar-refractivity contribution in [1.82, 2.24) is 4.90 Å². The lowest BCUT2D eigenvalue weighted by Gasteiger charge is -2.26. The number of halogens is 2. The average Bonchev–Trinajstić information content (AvgIpc) is 2.30. The molecule has 0 aromatic heterocycles. The predicted octanol–water partition coefficient (Wildman–Crippen LogP) is 1.15. The van der Waals surface area contributed by atoms with E-state index in [1.54, 1.807) is 12.1 Å². The minimum absolute atomic E-state index is 0.103. The molecule has 0 radical (unpaired) electrons. The topological polar surface area (TPSA) is 12.5 Å². The lowest BCUT2D eigenvalue weighted by molar-refractivity contribution is 0.0342. The van der Waals surface area contributed by atoms with E-state index in [4.69, 9.17) is 4.74 Å². The van der Waals surface area contributed by atoms with Crippen molar-refractivity contribution in [2.75, 3.05) is 26.3 Å². The molecule has 0 unspecified atom stereocenters. The molecule has 2 nitrogen and oxygen atoms in total. The normalized spacial score (nSPS) is 17.4. The van der Waals surface area contributed by atoms with Crippen molar-refractivity contribution in [1.29, 1.82) is 0 Å². The fraction of sp³-hybridized carbons (Fsp3) is 0.455. The molecule has 5 heteroatoms. The molecule has 1 aromatic carbocycles. The summed E-state index contributed by atoms with van der Waals surface area (Å²) in [4.78, 5) is 2.22. The minimum atomic E-state index is -2.38. The van der Waals surface area contributed by atoms with Gasteiger partial charge in [-0.3, -0.25) is 13.5 Å². The molecule has 1 heterocycles. The lowest BCUT2D eigenvalue weighted by atomic mass is 9.85. The fourth-order valence-corrected chi connectivity index (χ4v) is 1.84. The summed E-state index contributed by atoms with van der Waals surface area (Å²) in [6.07, 6.45) is 0. The van der Waals surface area contributed by atoms with Crippen LogP contribution in [0.2, 0.25) is 0 Å². The van der Waals surface area contributed by atoms with Crippen LogP contribution in [-0.4, -0.2) is 38.5 Å². The Morgan fingerprint density at radius 2 is 2.00 bits per heavy atom. The molecule has 1 saturated heterocycles. The second kappa shape index (κ2) is 5.41. The molecule has 1 fully saturated rings. The standard InChI is InChI=1S/C11H14BF2NO/c13-12(14)11-3-1-2-10(8-11)9-15-4-6-16-7-5-15/h1-3,8H,4-7,9H2. The second-order valence-corrected chi connectivity index (χ2v) is 3.93. The van der Waals surface area contributed by atoms with E-state index in [-0.39, 0.29) is 5.46 Å². The highest BCUT2D eigenvalue weighted by Gasteiger charge is 2.17. The number of rotatable bonds is 3. The molecule has 0 N–H and O–H groups in total. The van der Waals surface area contributed by atoms with Crippen molar-refractivity contribution in [3.63, 3.8) is 0 Å². The van der Waals surface area contributed by atoms with Crippen LogP contribution < -0.4 is 5.46 Å². The minimum Gasteiger partial charge on any atom is -0.379 e. The first-order valence-electron chi connectivity index (χ1n) is 5.43. The molecular weight excluding hydrogens is 211 g/mol. The second-order valence-electron chi connectivity index (χ2n) is 3.93. The van der Waals surface area contributed by atoms with Crippen LogP contribution in [0.5, 0.6) is 0 Å².